The zero-order chi connectivity index (χ0) is 23.5. The van der Waals surface area contributed by atoms with E-state index in [1.807, 2.05) is 0 Å². The van der Waals surface area contributed by atoms with Gasteiger partial charge in [0.05, 0.1) is 33.2 Å². The monoisotopic (exact) mass is 628 g/mol. The fraction of sp³-hybridized carbons (Fsp3) is 0.833. The van der Waals surface area contributed by atoms with E-state index in [1.165, 1.54) is 17.8 Å². The van der Waals surface area contributed by atoms with Crippen LogP contribution < -0.4 is 29.1 Å². The van der Waals surface area contributed by atoms with E-state index in [0.717, 1.165) is 37.1 Å². The van der Waals surface area contributed by atoms with Gasteiger partial charge in [-0.3, -0.25) is 9.09 Å². The summed E-state index contributed by atoms with van der Waals surface area (Å²) in [5.74, 6) is 0.238. The van der Waals surface area contributed by atoms with Gasteiger partial charge >= 0.3 is 13.6 Å². The first-order valence-corrected chi connectivity index (χ1v) is 13.2. The molecule has 0 radical (unpaired) electrons. The maximum atomic E-state index is 13.8. The van der Waals surface area contributed by atoms with E-state index < -0.39 is 12.6 Å². The van der Waals surface area contributed by atoms with Crippen LogP contribution in [-0.4, -0.2) is 81.2 Å². The summed E-state index contributed by atoms with van der Waals surface area (Å²) in [5, 5.41) is 14.1. The van der Waals surface area contributed by atoms with Crippen LogP contribution in [0.4, 0.5) is 5.95 Å². The van der Waals surface area contributed by atoms with Gasteiger partial charge in [0.25, 0.3) is 0 Å². The molecule has 0 fully saturated rings. The molecule has 14 heteroatoms. The first kappa shape index (κ1) is 32.0. The van der Waals surface area contributed by atoms with E-state index in [1.54, 1.807) is 4.67 Å². The Morgan fingerprint density at radius 2 is 1.81 bits per heavy atom. The fourth-order valence-electron chi connectivity index (χ4n) is 3.47. The van der Waals surface area contributed by atoms with E-state index >= 15 is 0 Å². The highest BCUT2D eigenvalue weighted by atomic mass is 127. The van der Waals surface area contributed by atoms with Gasteiger partial charge < -0.3 is 38.6 Å². The van der Waals surface area contributed by atoms with Gasteiger partial charge in [-0.2, -0.15) is 0 Å². The minimum absolute atomic E-state index is 0. The zero-order valence-electron chi connectivity index (χ0n) is 19.3. The molecular formula is C18H36Cl2IN6O4P. The number of alkyl halides is 2. The topological polar surface area (TPSA) is 103 Å². The van der Waals surface area contributed by atoms with E-state index in [2.05, 4.69) is 30.8 Å². The van der Waals surface area contributed by atoms with Gasteiger partial charge in [-0.15, -0.1) is 23.2 Å². The molecule has 188 valence electrons. The summed E-state index contributed by atoms with van der Waals surface area (Å²) in [6.07, 6.45) is 2.18. The standard InChI is InChI=1S/C18H36Cl2N6O4P.HI/c1-5-26(6-2,7-3)14-8-11-22-31(29,24(12-9-19)13-10-20)30-16-17-15-21-18(23(17)4)25(27)28;/h15H,5-14,16H2,1-4H3,(H,22,29);1H/q+1;/p-1. The molecule has 0 bridgehead atoms. The summed E-state index contributed by atoms with van der Waals surface area (Å²) in [4.78, 5) is 14.2. The predicted molar refractivity (Wildman–Crippen MR) is 125 cm³/mol. The highest BCUT2D eigenvalue weighted by Gasteiger charge is 2.33. The van der Waals surface area contributed by atoms with Gasteiger partial charge in [-0.1, -0.05) is 4.98 Å². The molecule has 0 aromatic carbocycles. The third-order valence-corrected chi connectivity index (χ3v) is 8.39. The van der Waals surface area contributed by atoms with E-state index in [4.69, 9.17) is 27.7 Å². The van der Waals surface area contributed by atoms with Gasteiger partial charge in [0.2, 0.25) is 0 Å². The summed E-state index contributed by atoms with van der Waals surface area (Å²) in [6.45, 7) is 11.7. The molecule has 1 aromatic rings. The molecule has 1 heterocycles. The normalized spacial score (nSPS) is 13.7. The third kappa shape index (κ3) is 8.98. The summed E-state index contributed by atoms with van der Waals surface area (Å²) in [6, 6.07) is 0. The van der Waals surface area contributed by atoms with Crippen LogP contribution in [0, 0.1) is 10.1 Å². The quantitative estimate of drug-likeness (QED) is 0.0513. The van der Waals surface area contributed by atoms with E-state index in [-0.39, 0.29) is 48.3 Å². The Kier molecular flexibility index (Phi) is 15.8. The zero-order valence-corrected chi connectivity index (χ0v) is 23.9. The number of imidazole rings is 1. The SMILES string of the molecule is CC[N+](CC)(CC)CCCNP(=O)(OCc1cnc([N+](=O)[O-])n1C)N(CCCl)CCCl.[I-]. The van der Waals surface area contributed by atoms with Crippen LogP contribution in [0.5, 0.6) is 0 Å². The van der Waals surface area contributed by atoms with Gasteiger partial charge in [-0.05, 0) is 25.7 Å². The summed E-state index contributed by atoms with van der Waals surface area (Å²) >= 11 is 11.8. The third-order valence-electron chi connectivity index (χ3n) is 5.80. The van der Waals surface area contributed by atoms with Crippen LogP contribution >= 0.6 is 30.9 Å². The van der Waals surface area contributed by atoms with Crippen molar-refractivity contribution in [1.82, 2.24) is 19.3 Å². The lowest BCUT2D eigenvalue weighted by atomic mass is 10.3. The van der Waals surface area contributed by atoms with Gasteiger partial charge in [0.1, 0.15) is 18.5 Å². The summed E-state index contributed by atoms with van der Waals surface area (Å²) in [7, 11) is -1.95. The second kappa shape index (κ2) is 15.8. The molecule has 0 saturated heterocycles. The second-order valence-corrected chi connectivity index (χ2v) is 10.2. The number of quaternary nitrogens is 1. The van der Waals surface area contributed by atoms with Crippen molar-refractivity contribution in [3.8, 4) is 0 Å². The lowest BCUT2D eigenvalue weighted by molar-refractivity contribution is -0.923. The Bertz CT molecular complexity index is 724. The highest BCUT2D eigenvalue weighted by molar-refractivity contribution is 7.54. The van der Waals surface area contributed by atoms with Crippen molar-refractivity contribution in [1.29, 1.82) is 0 Å². The molecule has 0 spiro atoms. The van der Waals surface area contributed by atoms with Gasteiger partial charge in [0.15, 0.2) is 0 Å². The predicted octanol–water partition coefficient (Wildman–Crippen LogP) is 0.593. The number of hydrogen-bond acceptors (Lipinski definition) is 5. The Morgan fingerprint density at radius 1 is 1.25 bits per heavy atom. The van der Waals surface area contributed by atoms with Crippen molar-refractivity contribution in [2.24, 2.45) is 7.05 Å². The van der Waals surface area contributed by atoms with Gasteiger partial charge in [-0.25, -0.2) is 14.3 Å². The van der Waals surface area contributed by atoms with Crippen LogP contribution in [-0.2, 0) is 22.7 Å². The molecule has 1 unspecified atom stereocenters. The number of aromatic nitrogens is 2. The average Bonchev–Trinajstić information content (AvgIpc) is 3.13. The Labute approximate surface area is 218 Å². The summed E-state index contributed by atoms with van der Waals surface area (Å²) in [5.41, 5.74) is 0.448. The van der Waals surface area contributed by atoms with Crippen molar-refractivity contribution in [2.75, 3.05) is 57.6 Å². The van der Waals surface area contributed by atoms with Crippen molar-refractivity contribution in [2.45, 2.75) is 33.8 Å². The van der Waals surface area contributed by atoms with E-state index in [0.29, 0.717) is 25.3 Å². The Hall–Kier alpha value is -0.0100. The molecule has 0 aliphatic heterocycles. The van der Waals surface area contributed by atoms with Crippen molar-refractivity contribution in [3.05, 3.63) is 22.0 Å². The molecular weight excluding hydrogens is 593 g/mol. The minimum Gasteiger partial charge on any atom is -1.00 e. The first-order valence-electron chi connectivity index (χ1n) is 10.6. The number of nitrogens with one attached hydrogen (secondary N) is 1. The van der Waals surface area contributed by atoms with Gasteiger partial charge in [0, 0.05) is 37.8 Å². The number of nitrogens with zero attached hydrogens (tertiary/aromatic N) is 5. The molecule has 0 aliphatic carbocycles. The fourth-order valence-corrected chi connectivity index (χ4v) is 6.04. The van der Waals surface area contributed by atoms with Crippen LogP contribution in [0.25, 0.3) is 0 Å². The van der Waals surface area contributed by atoms with Crippen molar-refractivity contribution >= 4 is 36.8 Å². The largest absolute Gasteiger partial charge is 1.00 e. The number of nitro groups is 1. The van der Waals surface area contributed by atoms with Crippen LogP contribution in [0.15, 0.2) is 6.20 Å². The maximum absolute atomic E-state index is 13.8. The number of halogens is 3. The molecule has 1 N–H and O–H groups in total. The van der Waals surface area contributed by atoms with Crippen LogP contribution in [0.2, 0.25) is 0 Å². The molecule has 10 nitrogen and oxygen atoms in total. The molecule has 0 amide bonds. The molecule has 32 heavy (non-hydrogen) atoms. The Morgan fingerprint density at radius 3 is 2.25 bits per heavy atom. The Balaban J connectivity index is 0.00000961. The summed E-state index contributed by atoms with van der Waals surface area (Å²) < 4.78 is 23.5. The highest BCUT2D eigenvalue weighted by Crippen LogP contribution is 2.47. The van der Waals surface area contributed by atoms with E-state index in [9.17, 15) is 14.7 Å². The van der Waals surface area contributed by atoms with Crippen LogP contribution in [0.3, 0.4) is 0 Å². The lowest BCUT2D eigenvalue weighted by Crippen LogP contribution is -3.00. The molecule has 0 saturated carbocycles. The van der Waals surface area contributed by atoms with Crippen molar-refractivity contribution < 1.29 is 42.5 Å². The molecule has 0 aliphatic rings. The molecule has 1 rings (SSSR count). The minimum atomic E-state index is -3.47. The maximum Gasteiger partial charge on any atom is 0.434 e. The molecule has 1 aromatic heterocycles. The first-order chi connectivity index (χ1) is 14.7. The smallest absolute Gasteiger partial charge is 0.434 e. The number of rotatable bonds is 17. The second-order valence-electron chi connectivity index (χ2n) is 7.27. The average molecular weight is 629 g/mol. The molecule has 1 atom stereocenters. The lowest BCUT2D eigenvalue weighted by Gasteiger charge is -2.36. The number of hydrogen-bond donors (Lipinski definition) is 1. The van der Waals surface area contributed by atoms with Crippen LogP contribution in [0.1, 0.15) is 32.9 Å². The van der Waals surface area contributed by atoms with Crippen molar-refractivity contribution in [3.63, 3.8) is 0 Å².